The molecule has 1 aliphatic rings. The van der Waals surface area contributed by atoms with Crippen LogP contribution in [0.1, 0.15) is 11.1 Å². The number of aromatic nitrogens is 2. The first-order chi connectivity index (χ1) is 11.7. The third-order valence-corrected chi connectivity index (χ3v) is 4.24. The molecule has 134 valence electrons. The average molecular weight is 377 g/mol. The summed E-state index contributed by atoms with van der Waals surface area (Å²) in [6.45, 7) is -1.80. The molecule has 0 aliphatic carbocycles. The number of rotatable bonds is 2. The van der Waals surface area contributed by atoms with Gasteiger partial charge in [-0.15, -0.1) is 0 Å². The van der Waals surface area contributed by atoms with Gasteiger partial charge in [-0.1, -0.05) is 11.6 Å². The molecule has 0 bridgehead atoms. The average Bonchev–Trinajstić information content (AvgIpc) is 2.93. The molecule has 7 nitrogen and oxygen atoms in total. The number of benzene rings is 1. The van der Waals surface area contributed by atoms with E-state index in [0.29, 0.717) is 26.9 Å². The van der Waals surface area contributed by atoms with Crippen molar-refractivity contribution in [2.24, 2.45) is 0 Å². The Hall–Kier alpha value is -2.49. The second-order valence-electron chi connectivity index (χ2n) is 5.67. The molecular formula is C14H12ClF3N4O3. The van der Waals surface area contributed by atoms with Crippen molar-refractivity contribution in [3.05, 3.63) is 28.4 Å². The lowest BCUT2D eigenvalue weighted by Gasteiger charge is -2.25. The SMILES string of the molecule is O=C(O)NC1Cc2cc(Cl)c3[nH]ncc3c2CN(CC(F)(F)F)C1=O. The summed E-state index contributed by atoms with van der Waals surface area (Å²) < 4.78 is 38.6. The maximum Gasteiger partial charge on any atom is 0.406 e. The second-order valence-corrected chi connectivity index (χ2v) is 6.08. The molecule has 1 atom stereocenters. The molecule has 0 fully saturated rings. The highest BCUT2D eigenvalue weighted by Crippen LogP contribution is 2.32. The number of fused-ring (bicyclic) bond motifs is 3. The highest BCUT2D eigenvalue weighted by Gasteiger charge is 2.38. The first-order valence-corrected chi connectivity index (χ1v) is 7.52. The first kappa shape index (κ1) is 17.3. The van der Waals surface area contributed by atoms with Crippen LogP contribution in [0.3, 0.4) is 0 Å². The van der Waals surface area contributed by atoms with Gasteiger partial charge in [-0.3, -0.25) is 9.89 Å². The highest BCUT2D eigenvalue weighted by molar-refractivity contribution is 6.35. The smallest absolute Gasteiger partial charge is 0.406 e. The van der Waals surface area contributed by atoms with Crippen LogP contribution in [0.2, 0.25) is 5.02 Å². The van der Waals surface area contributed by atoms with Gasteiger partial charge in [-0.2, -0.15) is 18.3 Å². The van der Waals surface area contributed by atoms with E-state index in [4.69, 9.17) is 16.7 Å². The molecule has 0 saturated carbocycles. The molecule has 1 unspecified atom stereocenters. The largest absolute Gasteiger partial charge is 0.465 e. The maximum absolute atomic E-state index is 12.9. The molecule has 0 saturated heterocycles. The van der Waals surface area contributed by atoms with Gasteiger partial charge in [0.25, 0.3) is 0 Å². The van der Waals surface area contributed by atoms with Crippen LogP contribution in [0.5, 0.6) is 0 Å². The number of nitrogens with zero attached hydrogens (tertiary/aromatic N) is 2. The van der Waals surface area contributed by atoms with E-state index in [-0.39, 0.29) is 18.0 Å². The van der Waals surface area contributed by atoms with Gasteiger partial charge in [0.15, 0.2) is 0 Å². The van der Waals surface area contributed by atoms with Crippen molar-refractivity contribution in [3.63, 3.8) is 0 Å². The summed E-state index contributed by atoms with van der Waals surface area (Å²) >= 11 is 6.13. The molecule has 2 amide bonds. The Balaban J connectivity index is 2.11. The maximum atomic E-state index is 12.9. The molecule has 1 aromatic carbocycles. The van der Waals surface area contributed by atoms with E-state index in [2.05, 4.69) is 10.2 Å². The van der Waals surface area contributed by atoms with Gasteiger partial charge in [0.2, 0.25) is 5.91 Å². The van der Waals surface area contributed by atoms with Crippen LogP contribution in [0.15, 0.2) is 12.3 Å². The van der Waals surface area contributed by atoms with Crippen molar-refractivity contribution in [2.45, 2.75) is 25.2 Å². The van der Waals surface area contributed by atoms with Crippen molar-refractivity contribution in [3.8, 4) is 0 Å². The number of hydrogen-bond acceptors (Lipinski definition) is 3. The van der Waals surface area contributed by atoms with E-state index < -0.39 is 30.8 Å². The van der Waals surface area contributed by atoms with Crippen molar-refractivity contribution < 1.29 is 27.9 Å². The van der Waals surface area contributed by atoms with E-state index in [1.54, 1.807) is 0 Å². The van der Waals surface area contributed by atoms with Gasteiger partial charge in [0, 0.05) is 18.4 Å². The number of carbonyl (C=O) groups is 2. The van der Waals surface area contributed by atoms with Crippen LogP contribution in [0, 0.1) is 0 Å². The Bertz CT molecular complexity index is 852. The van der Waals surface area contributed by atoms with Crippen LogP contribution in [0.4, 0.5) is 18.0 Å². The number of hydrogen-bond donors (Lipinski definition) is 3. The highest BCUT2D eigenvalue weighted by atomic mass is 35.5. The molecule has 0 radical (unpaired) electrons. The monoisotopic (exact) mass is 376 g/mol. The summed E-state index contributed by atoms with van der Waals surface area (Å²) in [5, 5.41) is 18.2. The summed E-state index contributed by atoms with van der Waals surface area (Å²) in [4.78, 5) is 23.9. The van der Waals surface area contributed by atoms with Crippen LogP contribution in [0.25, 0.3) is 10.9 Å². The van der Waals surface area contributed by atoms with Crippen molar-refractivity contribution in [1.29, 1.82) is 0 Å². The lowest BCUT2D eigenvalue weighted by Crippen LogP contribution is -2.49. The van der Waals surface area contributed by atoms with E-state index in [1.165, 1.54) is 12.3 Å². The Labute approximate surface area is 143 Å². The fourth-order valence-corrected chi connectivity index (χ4v) is 3.24. The number of H-pyrrole nitrogens is 1. The standard InChI is InChI=1S/C14H12ClF3N4O3/c15-9-1-6-2-10(20-13(24)25)12(23)22(5-14(16,17)18)4-8(6)7-3-19-21-11(7)9/h1,3,10,20H,2,4-5H2,(H,19,21)(H,24,25). The van der Waals surface area contributed by atoms with Gasteiger partial charge in [-0.25, -0.2) is 4.79 Å². The van der Waals surface area contributed by atoms with E-state index in [1.807, 2.05) is 5.32 Å². The van der Waals surface area contributed by atoms with Gasteiger partial charge in [0.05, 0.1) is 16.7 Å². The molecule has 3 N–H and O–H groups in total. The van der Waals surface area contributed by atoms with Crippen LogP contribution in [-0.4, -0.2) is 51.0 Å². The third-order valence-electron chi connectivity index (χ3n) is 3.94. The molecule has 0 spiro atoms. The topological polar surface area (TPSA) is 98.3 Å². The van der Waals surface area contributed by atoms with E-state index in [9.17, 15) is 22.8 Å². The fraction of sp³-hybridized carbons (Fsp3) is 0.357. The second kappa shape index (κ2) is 6.10. The van der Waals surface area contributed by atoms with Gasteiger partial charge in [0.1, 0.15) is 12.6 Å². The zero-order valence-corrected chi connectivity index (χ0v) is 13.3. The molecular weight excluding hydrogens is 365 g/mol. The predicted octanol–water partition coefficient (Wildman–Crippen LogP) is 2.30. The molecule has 2 aromatic rings. The number of nitrogens with one attached hydrogen (secondary N) is 2. The quantitative estimate of drug-likeness (QED) is 0.749. The minimum absolute atomic E-state index is 0.102. The van der Waals surface area contributed by atoms with Crippen molar-refractivity contribution >= 4 is 34.5 Å². The molecule has 11 heteroatoms. The first-order valence-electron chi connectivity index (χ1n) is 7.14. The third kappa shape index (κ3) is 3.48. The van der Waals surface area contributed by atoms with Crippen LogP contribution < -0.4 is 5.32 Å². The minimum atomic E-state index is -4.62. The normalized spacial score (nSPS) is 18.2. The van der Waals surface area contributed by atoms with Gasteiger partial charge in [-0.05, 0) is 17.2 Å². The Kier molecular flexibility index (Phi) is 4.23. The van der Waals surface area contributed by atoms with Gasteiger partial charge < -0.3 is 15.3 Å². The van der Waals surface area contributed by atoms with Gasteiger partial charge >= 0.3 is 12.3 Å². The minimum Gasteiger partial charge on any atom is -0.465 e. The molecule has 25 heavy (non-hydrogen) atoms. The van der Waals surface area contributed by atoms with E-state index in [0.717, 1.165) is 0 Å². The van der Waals surface area contributed by atoms with Crippen LogP contribution in [-0.2, 0) is 17.8 Å². The van der Waals surface area contributed by atoms with Crippen LogP contribution >= 0.6 is 11.6 Å². The Morgan fingerprint density at radius 2 is 2.24 bits per heavy atom. The summed E-state index contributed by atoms with van der Waals surface area (Å²) in [6, 6.07) is 0.180. The summed E-state index contributed by atoms with van der Waals surface area (Å²) in [7, 11) is 0. The number of aromatic amines is 1. The number of alkyl halides is 3. The Morgan fingerprint density at radius 3 is 2.88 bits per heavy atom. The van der Waals surface area contributed by atoms with E-state index >= 15 is 0 Å². The molecule has 1 aromatic heterocycles. The lowest BCUT2D eigenvalue weighted by molar-refractivity contribution is -0.163. The summed E-state index contributed by atoms with van der Waals surface area (Å²) in [6.07, 6.45) is -4.79. The summed E-state index contributed by atoms with van der Waals surface area (Å²) in [5.41, 5.74) is 1.40. The molecule has 2 heterocycles. The fourth-order valence-electron chi connectivity index (χ4n) is 2.96. The number of carbonyl (C=O) groups excluding carboxylic acids is 1. The summed E-state index contributed by atoms with van der Waals surface area (Å²) in [5.74, 6) is -0.941. The zero-order chi connectivity index (χ0) is 18.4. The molecule has 3 rings (SSSR count). The predicted molar refractivity (Wildman–Crippen MR) is 81.2 cm³/mol. The van der Waals surface area contributed by atoms with Crippen molar-refractivity contribution in [1.82, 2.24) is 20.4 Å². The Morgan fingerprint density at radius 1 is 1.52 bits per heavy atom. The molecule has 1 aliphatic heterocycles. The number of amides is 2. The number of halogens is 4. The zero-order valence-electron chi connectivity index (χ0n) is 12.5. The number of carboxylic acid groups (broad SMARTS) is 1. The lowest BCUT2D eigenvalue weighted by atomic mass is 9.99. The van der Waals surface area contributed by atoms with Crippen molar-refractivity contribution in [2.75, 3.05) is 6.54 Å².